The van der Waals surface area contributed by atoms with Gasteiger partial charge in [0.05, 0.1) is 0 Å². The van der Waals surface area contributed by atoms with Crippen molar-refractivity contribution in [2.45, 2.75) is 0 Å². The number of amides is 1. The van der Waals surface area contributed by atoms with Crippen molar-refractivity contribution < 1.29 is 9.53 Å². The Morgan fingerprint density at radius 3 is 2.75 bits per heavy atom. The van der Waals surface area contributed by atoms with E-state index >= 15 is 0 Å². The highest BCUT2D eigenvalue weighted by Gasteiger charge is 2.09. The number of hydrogen-bond acceptors (Lipinski definition) is 3. The molecule has 0 radical (unpaired) electrons. The maximum atomic E-state index is 11.8. The lowest BCUT2D eigenvalue weighted by molar-refractivity contribution is -0.116. The molecule has 4 nitrogen and oxygen atoms in total. The number of nitriles is 1. The summed E-state index contributed by atoms with van der Waals surface area (Å²) in [7, 11) is 0. The van der Waals surface area contributed by atoms with Gasteiger partial charge in [0, 0.05) is 12.1 Å². The summed E-state index contributed by atoms with van der Waals surface area (Å²) in [6.45, 7) is 7.75. The minimum atomic E-state index is -0.439. The molecule has 0 aromatic heterocycles. The molecule has 1 rings (SSSR count). The lowest BCUT2D eigenvalue weighted by Crippen LogP contribution is -2.24. The van der Waals surface area contributed by atoms with E-state index in [4.69, 9.17) is 10.00 Å². The third-order valence-electron chi connectivity index (χ3n) is 2.35. The number of carbonyl (C=O) groups excluding carboxylic acids is 1. The number of nitrogens with zero attached hydrogens (tertiary/aromatic N) is 1. The summed E-state index contributed by atoms with van der Waals surface area (Å²) >= 11 is 0. The van der Waals surface area contributed by atoms with Gasteiger partial charge in [0.2, 0.25) is 0 Å². The van der Waals surface area contributed by atoms with Crippen LogP contribution in [0.1, 0.15) is 5.56 Å². The molecule has 0 aliphatic rings. The Bertz CT molecular complexity index is 568. The average Bonchev–Trinajstić information content (AvgIpc) is 2.49. The fraction of sp³-hybridized carbons (Fsp3) is 0.125. The van der Waals surface area contributed by atoms with Gasteiger partial charge in [-0.1, -0.05) is 36.9 Å². The fourth-order valence-corrected chi connectivity index (χ4v) is 1.44. The Morgan fingerprint density at radius 1 is 1.35 bits per heavy atom. The molecule has 4 heteroatoms. The van der Waals surface area contributed by atoms with Crippen LogP contribution in [0.3, 0.4) is 0 Å². The first-order valence-electron chi connectivity index (χ1n) is 6.06. The van der Waals surface area contributed by atoms with E-state index in [1.165, 1.54) is 6.08 Å². The van der Waals surface area contributed by atoms with Crippen LogP contribution in [0.4, 0.5) is 0 Å². The van der Waals surface area contributed by atoms with E-state index in [1.54, 1.807) is 24.3 Å². The first-order valence-corrected chi connectivity index (χ1v) is 6.06. The van der Waals surface area contributed by atoms with Gasteiger partial charge in [-0.2, -0.15) is 5.26 Å². The molecule has 1 aromatic rings. The first-order chi connectivity index (χ1) is 9.72. The maximum Gasteiger partial charge on any atom is 0.262 e. The van der Waals surface area contributed by atoms with Crippen LogP contribution in [-0.4, -0.2) is 19.1 Å². The van der Waals surface area contributed by atoms with Crippen molar-refractivity contribution in [1.29, 1.82) is 5.26 Å². The minimum Gasteiger partial charge on any atom is -0.489 e. The molecule has 1 amide bonds. The Balaban J connectivity index is 3.00. The highest BCUT2D eigenvalue weighted by molar-refractivity contribution is 6.02. The number of rotatable bonds is 7. The second-order valence-electron chi connectivity index (χ2n) is 3.81. The lowest BCUT2D eigenvalue weighted by Gasteiger charge is -2.07. The van der Waals surface area contributed by atoms with Crippen molar-refractivity contribution in [2.75, 3.05) is 13.2 Å². The molecule has 0 saturated heterocycles. The second-order valence-corrected chi connectivity index (χ2v) is 3.81. The third kappa shape index (κ3) is 4.46. The molecule has 0 spiro atoms. The number of benzene rings is 1. The number of nitrogens with one attached hydrogen (secondary N) is 1. The smallest absolute Gasteiger partial charge is 0.262 e. The molecular weight excluding hydrogens is 252 g/mol. The van der Waals surface area contributed by atoms with Gasteiger partial charge in [-0.25, -0.2) is 0 Å². The van der Waals surface area contributed by atoms with Crippen molar-refractivity contribution in [2.24, 2.45) is 0 Å². The quantitative estimate of drug-likeness (QED) is 0.469. The van der Waals surface area contributed by atoms with Crippen molar-refractivity contribution in [3.8, 4) is 11.8 Å². The molecular formula is C16H16N2O2. The van der Waals surface area contributed by atoms with Gasteiger partial charge >= 0.3 is 0 Å². The van der Waals surface area contributed by atoms with Gasteiger partial charge in [0.15, 0.2) is 0 Å². The van der Waals surface area contributed by atoms with Crippen LogP contribution in [0.5, 0.6) is 5.75 Å². The number of hydrogen-bond donors (Lipinski definition) is 1. The summed E-state index contributed by atoms with van der Waals surface area (Å²) in [5.41, 5.74) is 0.682. The van der Waals surface area contributed by atoms with E-state index in [0.717, 1.165) is 0 Å². The number of para-hydroxylation sites is 1. The molecule has 0 bridgehead atoms. The number of carbonyl (C=O) groups is 1. The Hall–Kier alpha value is -2.80. The van der Waals surface area contributed by atoms with Crippen LogP contribution in [-0.2, 0) is 4.79 Å². The molecule has 1 N–H and O–H groups in total. The largest absolute Gasteiger partial charge is 0.489 e. The second kappa shape index (κ2) is 8.33. The summed E-state index contributed by atoms with van der Waals surface area (Å²) in [6.07, 6.45) is 4.67. The fourth-order valence-electron chi connectivity index (χ4n) is 1.44. The number of ether oxygens (including phenoxy) is 1. The third-order valence-corrected chi connectivity index (χ3v) is 2.35. The molecule has 0 aliphatic heterocycles. The monoisotopic (exact) mass is 268 g/mol. The van der Waals surface area contributed by atoms with Crippen LogP contribution in [0.15, 0.2) is 55.1 Å². The van der Waals surface area contributed by atoms with Gasteiger partial charge in [0.1, 0.15) is 24.0 Å². The standard InChI is InChI=1S/C16H16N2O2/c1-3-9-18-16(19)14(12-17)11-13-7-5-6-8-15(13)20-10-4-2/h3-8,11H,1-2,9-10H2,(H,18,19)/b14-11+. The summed E-state index contributed by atoms with van der Waals surface area (Å²) < 4.78 is 5.47. The van der Waals surface area contributed by atoms with Crippen molar-refractivity contribution in [3.63, 3.8) is 0 Å². The molecule has 0 heterocycles. The predicted octanol–water partition coefficient (Wildman–Crippen LogP) is 2.46. The van der Waals surface area contributed by atoms with Gasteiger partial charge in [-0.3, -0.25) is 4.79 Å². The average molecular weight is 268 g/mol. The zero-order valence-corrected chi connectivity index (χ0v) is 11.1. The van der Waals surface area contributed by atoms with E-state index < -0.39 is 5.91 Å². The normalized spacial score (nSPS) is 10.2. The van der Waals surface area contributed by atoms with E-state index in [-0.39, 0.29) is 5.57 Å². The SMILES string of the molecule is C=CCNC(=O)/C(C#N)=C/c1ccccc1OCC=C. The first kappa shape index (κ1) is 15.3. The zero-order valence-electron chi connectivity index (χ0n) is 11.1. The van der Waals surface area contributed by atoms with E-state index in [9.17, 15) is 4.79 Å². The zero-order chi connectivity index (χ0) is 14.8. The van der Waals surface area contributed by atoms with Crippen LogP contribution < -0.4 is 10.1 Å². The van der Waals surface area contributed by atoms with Gasteiger partial charge in [-0.05, 0) is 12.1 Å². The molecule has 1 aromatic carbocycles. The molecule has 0 saturated carbocycles. The predicted molar refractivity (Wildman–Crippen MR) is 78.9 cm³/mol. The van der Waals surface area contributed by atoms with Crippen molar-refractivity contribution in [1.82, 2.24) is 5.32 Å². The summed E-state index contributed by atoms with van der Waals surface area (Å²) in [6, 6.07) is 9.05. The molecule has 0 atom stereocenters. The van der Waals surface area contributed by atoms with Crippen LogP contribution >= 0.6 is 0 Å². The van der Waals surface area contributed by atoms with Crippen LogP contribution in [0, 0.1) is 11.3 Å². The molecule has 20 heavy (non-hydrogen) atoms. The Morgan fingerprint density at radius 2 is 2.10 bits per heavy atom. The highest BCUT2D eigenvalue weighted by Crippen LogP contribution is 2.21. The van der Waals surface area contributed by atoms with E-state index in [0.29, 0.717) is 24.5 Å². The van der Waals surface area contributed by atoms with Gasteiger partial charge in [0.25, 0.3) is 5.91 Å². The summed E-state index contributed by atoms with van der Waals surface area (Å²) in [5.74, 6) is 0.155. The molecule has 0 unspecified atom stereocenters. The van der Waals surface area contributed by atoms with Gasteiger partial charge < -0.3 is 10.1 Å². The molecule has 0 aliphatic carbocycles. The highest BCUT2D eigenvalue weighted by atomic mass is 16.5. The Kier molecular flexibility index (Phi) is 6.35. The minimum absolute atomic E-state index is 0.0153. The van der Waals surface area contributed by atoms with Gasteiger partial charge in [-0.15, -0.1) is 6.58 Å². The summed E-state index contributed by atoms with van der Waals surface area (Å²) in [5, 5.41) is 11.6. The topological polar surface area (TPSA) is 62.1 Å². The Labute approximate surface area is 118 Å². The van der Waals surface area contributed by atoms with E-state index in [2.05, 4.69) is 18.5 Å². The van der Waals surface area contributed by atoms with E-state index in [1.807, 2.05) is 18.2 Å². The maximum absolute atomic E-state index is 11.8. The summed E-state index contributed by atoms with van der Waals surface area (Å²) in [4.78, 5) is 11.8. The molecule has 102 valence electrons. The molecule has 0 fully saturated rings. The van der Waals surface area contributed by atoms with Crippen molar-refractivity contribution in [3.05, 3.63) is 60.7 Å². The van der Waals surface area contributed by atoms with Crippen molar-refractivity contribution >= 4 is 12.0 Å². The lowest BCUT2D eigenvalue weighted by atomic mass is 10.1. The van der Waals surface area contributed by atoms with Crippen LogP contribution in [0.25, 0.3) is 6.08 Å². The van der Waals surface area contributed by atoms with Crippen LogP contribution in [0.2, 0.25) is 0 Å².